The van der Waals surface area contributed by atoms with Crippen LogP contribution in [0.25, 0.3) is 0 Å². The summed E-state index contributed by atoms with van der Waals surface area (Å²) in [5.74, 6) is 0. The minimum Gasteiger partial charge on any atom is -0.396 e. The van der Waals surface area contributed by atoms with Crippen LogP contribution in [0.4, 0.5) is 11.4 Å². The summed E-state index contributed by atoms with van der Waals surface area (Å²) in [6.45, 7) is 1.06. The highest BCUT2D eigenvalue weighted by molar-refractivity contribution is 7.88. The summed E-state index contributed by atoms with van der Waals surface area (Å²) >= 11 is 0. The first-order valence-corrected chi connectivity index (χ1v) is 6.76. The maximum absolute atomic E-state index is 10.8. The van der Waals surface area contributed by atoms with E-state index in [-0.39, 0.29) is 0 Å². The molecule has 0 saturated carbocycles. The Hall–Kier alpha value is -1.34. The minimum atomic E-state index is -3.09. The van der Waals surface area contributed by atoms with Crippen molar-refractivity contribution < 1.29 is 8.42 Å². The number of hydrogen-bond donors (Lipinski definition) is 3. The van der Waals surface area contributed by atoms with Crippen LogP contribution >= 0.6 is 0 Å². The lowest BCUT2D eigenvalue weighted by atomic mass is 10.3. The molecule has 0 aliphatic heterocycles. The number of sulfonamides is 1. The van der Waals surface area contributed by atoms with Crippen LogP contribution in [0.1, 0.15) is 6.42 Å². The highest BCUT2D eigenvalue weighted by Gasteiger charge is 1.99. The number of nitrogen functional groups attached to an aromatic ring is 1. The van der Waals surface area contributed by atoms with Crippen molar-refractivity contribution in [2.45, 2.75) is 6.42 Å². The molecule has 0 atom stereocenters. The molecular weight excluding hydrogens is 228 g/mol. The number of rotatable bonds is 6. The van der Waals surface area contributed by atoms with E-state index in [1.807, 2.05) is 0 Å². The van der Waals surface area contributed by atoms with Gasteiger partial charge in [-0.2, -0.15) is 0 Å². The molecule has 0 bridgehead atoms. The fourth-order valence-electron chi connectivity index (χ4n) is 1.14. The van der Waals surface area contributed by atoms with Crippen molar-refractivity contribution in [1.29, 1.82) is 0 Å². The molecule has 90 valence electrons. The fourth-order valence-corrected chi connectivity index (χ4v) is 1.65. The SMILES string of the molecule is CS(=O)(=O)NCCCNc1ccncc1N. The highest BCUT2D eigenvalue weighted by Crippen LogP contribution is 2.14. The molecule has 1 rings (SSSR count). The van der Waals surface area contributed by atoms with Gasteiger partial charge >= 0.3 is 0 Å². The molecule has 0 amide bonds. The number of nitrogens with one attached hydrogen (secondary N) is 2. The van der Waals surface area contributed by atoms with Crippen molar-refractivity contribution in [3.63, 3.8) is 0 Å². The lowest BCUT2D eigenvalue weighted by Gasteiger charge is -2.08. The Kier molecular flexibility index (Phi) is 4.51. The van der Waals surface area contributed by atoms with Gasteiger partial charge in [-0.25, -0.2) is 13.1 Å². The zero-order chi connectivity index (χ0) is 12.0. The molecule has 4 N–H and O–H groups in total. The summed E-state index contributed by atoms with van der Waals surface area (Å²) in [6, 6.07) is 1.78. The molecular formula is C9H16N4O2S. The van der Waals surface area contributed by atoms with E-state index in [1.54, 1.807) is 18.5 Å². The Morgan fingerprint density at radius 1 is 1.44 bits per heavy atom. The third-order valence-corrected chi connectivity index (χ3v) is 2.61. The van der Waals surface area contributed by atoms with Gasteiger partial charge in [0.05, 0.1) is 23.8 Å². The second-order valence-electron chi connectivity index (χ2n) is 3.41. The molecule has 1 aromatic rings. The zero-order valence-corrected chi connectivity index (χ0v) is 9.92. The third-order valence-electron chi connectivity index (χ3n) is 1.89. The molecule has 0 fully saturated rings. The minimum absolute atomic E-state index is 0.414. The van der Waals surface area contributed by atoms with Crippen molar-refractivity contribution in [1.82, 2.24) is 9.71 Å². The van der Waals surface area contributed by atoms with Crippen molar-refractivity contribution in [2.75, 3.05) is 30.4 Å². The zero-order valence-electron chi connectivity index (χ0n) is 9.10. The molecule has 16 heavy (non-hydrogen) atoms. The number of aromatic nitrogens is 1. The fraction of sp³-hybridized carbons (Fsp3) is 0.444. The number of anilines is 2. The average molecular weight is 244 g/mol. The smallest absolute Gasteiger partial charge is 0.208 e. The first kappa shape index (κ1) is 12.7. The van der Waals surface area contributed by atoms with Gasteiger partial charge in [-0.3, -0.25) is 4.98 Å². The highest BCUT2D eigenvalue weighted by atomic mass is 32.2. The van der Waals surface area contributed by atoms with Gasteiger partial charge in [0.15, 0.2) is 0 Å². The molecule has 0 saturated heterocycles. The topological polar surface area (TPSA) is 97.1 Å². The van der Waals surface area contributed by atoms with E-state index in [4.69, 9.17) is 5.73 Å². The van der Waals surface area contributed by atoms with E-state index >= 15 is 0 Å². The van der Waals surface area contributed by atoms with Crippen LogP contribution in [0.3, 0.4) is 0 Å². The van der Waals surface area contributed by atoms with E-state index in [0.29, 0.717) is 25.2 Å². The third kappa shape index (κ3) is 4.94. The monoisotopic (exact) mass is 244 g/mol. The second-order valence-corrected chi connectivity index (χ2v) is 5.24. The van der Waals surface area contributed by atoms with Crippen LogP contribution in [0.2, 0.25) is 0 Å². The van der Waals surface area contributed by atoms with Gasteiger partial charge in [0.2, 0.25) is 10.0 Å². The van der Waals surface area contributed by atoms with Crippen LogP contribution in [-0.4, -0.2) is 32.7 Å². The summed E-state index contributed by atoms with van der Waals surface area (Å²) in [5.41, 5.74) is 7.06. The second kappa shape index (κ2) is 5.66. The van der Waals surface area contributed by atoms with Crippen LogP contribution in [0.5, 0.6) is 0 Å². The summed E-state index contributed by atoms with van der Waals surface area (Å²) in [5, 5.41) is 3.10. The number of hydrogen-bond acceptors (Lipinski definition) is 5. The first-order valence-electron chi connectivity index (χ1n) is 4.87. The van der Waals surface area contributed by atoms with Crippen LogP contribution in [-0.2, 0) is 10.0 Å². The van der Waals surface area contributed by atoms with E-state index in [1.165, 1.54) is 0 Å². The Bertz CT molecular complexity index is 433. The van der Waals surface area contributed by atoms with Crippen LogP contribution in [0.15, 0.2) is 18.5 Å². The normalized spacial score (nSPS) is 11.3. The van der Waals surface area contributed by atoms with E-state index in [2.05, 4.69) is 15.0 Å². The predicted octanol–water partition coefficient (Wildman–Crippen LogP) is 0.0150. The molecule has 0 aromatic carbocycles. The molecule has 1 heterocycles. The Morgan fingerprint density at radius 3 is 2.81 bits per heavy atom. The molecule has 0 radical (unpaired) electrons. The maximum atomic E-state index is 10.8. The molecule has 0 aliphatic rings. The van der Waals surface area contributed by atoms with Crippen molar-refractivity contribution >= 4 is 21.4 Å². The van der Waals surface area contributed by atoms with Gasteiger partial charge in [-0.1, -0.05) is 0 Å². The van der Waals surface area contributed by atoms with Crippen LogP contribution in [0, 0.1) is 0 Å². The molecule has 6 nitrogen and oxygen atoms in total. The largest absolute Gasteiger partial charge is 0.396 e. The van der Waals surface area contributed by atoms with Crippen molar-refractivity contribution in [3.8, 4) is 0 Å². The lowest BCUT2D eigenvalue weighted by Crippen LogP contribution is -2.24. The summed E-state index contributed by atoms with van der Waals surface area (Å²) in [4.78, 5) is 3.86. The molecule has 1 aromatic heterocycles. The van der Waals surface area contributed by atoms with Gasteiger partial charge < -0.3 is 11.1 Å². The van der Waals surface area contributed by atoms with Gasteiger partial charge in [-0.05, 0) is 12.5 Å². The molecule has 0 aliphatic carbocycles. The molecule has 0 spiro atoms. The molecule has 7 heteroatoms. The van der Waals surface area contributed by atoms with Crippen LogP contribution < -0.4 is 15.8 Å². The number of nitrogens with zero attached hydrogens (tertiary/aromatic N) is 1. The van der Waals surface area contributed by atoms with Crippen molar-refractivity contribution in [3.05, 3.63) is 18.5 Å². The quantitative estimate of drug-likeness (QED) is 0.613. The van der Waals surface area contributed by atoms with Gasteiger partial charge in [0.25, 0.3) is 0 Å². The predicted molar refractivity (Wildman–Crippen MR) is 64.6 cm³/mol. The van der Waals surface area contributed by atoms with E-state index in [0.717, 1.165) is 11.9 Å². The van der Waals surface area contributed by atoms with Gasteiger partial charge in [0.1, 0.15) is 0 Å². The standard InChI is InChI=1S/C9H16N4O2S/c1-16(14,15)13-5-2-4-12-9-3-6-11-7-8(9)10/h3,6-7,13H,2,4-5,10H2,1H3,(H,11,12). The summed E-state index contributed by atoms with van der Waals surface area (Å²) < 4.78 is 23.9. The Balaban J connectivity index is 2.24. The van der Waals surface area contributed by atoms with E-state index in [9.17, 15) is 8.42 Å². The van der Waals surface area contributed by atoms with Crippen molar-refractivity contribution in [2.24, 2.45) is 0 Å². The lowest BCUT2D eigenvalue weighted by molar-refractivity contribution is 0.586. The first-order chi connectivity index (χ1) is 7.49. The molecule has 0 unspecified atom stereocenters. The Labute approximate surface area is 95.3 Å². The Morgan fingerprint density at radius 2 is 2.19 bits per heavy atom. The van der Waals surface area contributed by atoms with Gasteiger partial charge in [0, 0.05) is 19.3 Å². The number of nitrogens with two attached hydrogens (primary N) is 1. The van der Waals surface area contributed by atoms with E-state index < -0.39 is 10.0 Å². The maximum Gasteiger partial charge on any atom is 0.208 e. The average Bonchev–Trinajstić information content (AvgIpc) is 2.18. The summed E-state index contributed by atoms with van der Waals surface area (Å²) in [7, 11) is -3.09. The number of pyridine rings is 1. The summed E-state index contributed by atoms with van der Waals surface area (Å²) in [6.07, 6.45) is 5.04. The van der Waals surface area contributed by atoms with Gasteiger partial charge in [-0.15, -0.1) is 0 Å².